The van der Waals surface area contributed by atoms with Gasteiger partial charge in [-0.15, -0.1) is 0 Å². The van der Waals surface area contributed by atoms with Crippen molar-refractivity contribution in [3.05, 3.63) is 72.9 Å². The molecule has 0 aliphatic heterocycles. The van der Waals surface area contributed by atoms with Crippen LogP contribution in [0, 0.1) is 0 Å². The van der Waals surface area contributed by atoms with Gasteiger partial charge in [0.25, 0.3) is 0 Å². The molecule has 0 aromatic rings. The number of carbonyl (C=O) groups is 3. The predicted molar refractivity (Wildman–Crippen MR) is 279 cm³/mol. The van der Waals surface area contributed by atoms with E-state index in [1.807, 2.05) is 0 Å². The zero-order valence-electron chi connectivity index (χ0n) is 42.7. The first-order valence-corrected chi connectivity index (χ1v) is 27.4. The predicted octanol–water partition coefficient (Wildman–Crippen LogP) is 18.2. The van der Waals surface area contributed by atoms with E-state index in [0.29, 0.717) is 19.3 Å². The van der Waals surface area contributed by atoms with Crippen molar-refractivity contribution in [2.24, 2.45) is 0 Å². The van der Waals surface area contributed by atoms with E-state index < -0.39 is 6.10 Å². The minimum absolute atomic E-state index is 0.0910. The van der Waals surface area contributed by atoms with Crippen LogP contribution in [0.25, 0.3) is 0 Å². The van der Waals surface area contributed by atoms with Crippen molar-refractivity contribution in [3.63, 3.8) is 0 Å². The lowest BCUT2D eigenvalue weighted by Crippen LogP contribution is -2.30. The molecule has 0 N–H and O–H groups in total. The molecule has 0 saturated heterocycles. The van der Waals surface area contributed by atoms with E-state index in [-0.39, 0.29) is 31.1 Å². The molecule has 6 nitrogen and oxygen atoms in total. The largest absolute Gasteiger partial charge is 0.462 e. The molecule has 0 fully saturated rings. The molecule has 0 aromatic heterocycles. The van der Waals surface area contributed by atoms with Crippen LogP contribution < -0.4 is 0 Å². The zero-order chi connectivity index (χ0) is 47.2. The molecule has 0 rings (SSSR count). The van der Waals surface area contributed by atoms with E-state index in [1.165, 1.54) is 128 Å². The summed E-state index contributed by atoms with van der Waals surface area (Å²) in [5, 5.41) is 0. The number of unbranched alkanes of at least 4 members (excludes halogenated alkanes) is 26. The van der Waals surface area contributed by atoms with E-state index in [0.717, 1.165) is 96.3 Å². The van der Waals surface area contributed by atoms with Crippen LogP contribution in [0.5, 0.6) is 0 Å². The van der Waals surface area contributed by atoms with Crippen LogP contribution in [0.3, 0.4) is 0 Å². The second kappa shape index (κ2) is 53.5. The highest BCUT2D eigenvalue weighted by atomic mass is 16.6. The van der Waals surface area contributed by atoms with Crippen LogP contribution in [-0.4, -0.2) is 37.2 Å². The van der Waals surface area contributed by atoms with Gasteiger partial charge in [0.05, 0.1) is 0 Å². The lowest BCUT2D eigenvalue weighted by molar-refractivity contribution is -0.167. The Bertz CT molecular complexity index is 1230. The zero-order valence-corrected chi connectivity index (χ0v) is 42.7. The number of hydrogen-bond acceptors (Lipinski definition) is 6. The van der Waals surface area contributed by atoms with Crippen molar-refractivity contribution in [1.29, 1.82) is 0 Å². The number of rotatable bonds is 49. The quantitative estimate of drug-likeness (QED) is 0.0262. The van der Waals surface area contributed by atoms with Crippen LogP contribution in [0.4, 0.5) is 0 Å². The van der Waals surface area contributed by atoms with Crippen molar-refractivity contribution in [2.45, 2.75) is 271 Å². The molecule has 0 bridgehead atoms. The fourth-order valence-corrected chi connectivity index (χ4v) is 7.58. The first kappa shape index (κ1) is 61.9. The third kappa shape index (κ3) is 51.7. The Morgan fingerprint density at radius 3 is 1.00 bits per heavy atom. The fourth-order valence-electron chi connectivity index (χ4n) is 7.58. The molecule has 374 valence electrons. The Kier molecular flexibility index (Phi) is 50.9. The third-order valence-corrected chi connectivity index (χ3v) is 11.7. The van der Waals surface area contributed by atoms with Crippen molar-refractivity contribution in [1.82, 2.24) is 0 Å². The maximum absolute atomic E-state index is 12.8. The molecule has 1 atom stereocenters. The minimum atomic E-state index is -0.794. The summed E-state index contributed by atoms with van der Waals surface area (Å²) in [4.78, 5) is 38.1. The highest BCUT2D eigenvalue weighted by molar-refractivity contribution is 5.71. The molecule has 0 heterocycles. The monoisotopic (exact) mass is 907 g/mol. The second-order valence-corrected chi connectivity index (χ2v) is 18.1. The van der Waals surface area contributed by atoms with Gasteiger partial charge in [0.1, 0.15) is 13.2 Å². The van der Waals surface area contributed by atoms with Crippen LogP contribution in [0.1, 0.15) is 265 Å². The lowest BCUT2D eigenvalue weighted by atomic mass is 10.0. The summed E-state index contributed by atoms with van der Waals surface area (Å²) in [7, 11) is 0. The Morgan fingerprint density at radius 2 is 0.600 bits per heavy atom. The summed E-state index contributed by atoms with van der Waals surface area (Å²) in [5.41, 5.74) is 0. The first-order chi connectivity index (χ1) is 32.0. The molecule has 0 amide bonds. The molecule has 0 saturated carbocycles. The number of esters is 3. The van der Waals surface area contributed by atoms with E-state index in [9.17, 15) is 14.4 Å². The summed E-state index contributed by atoms with van der Waals surface area (Å²) >= 11 is 0. The fraction of sp³-hybridized carbons (Fsp3) is 0.746. The average Bonchev–Trinajstić information content (AvgIpc) is 3.30. The Hall–Kier alpha value is -3.15. The highest BCUT2D eigenvalue weighted by Gasteiger charge is 2.19. The summed E-state index contributed by atoms with van der Waals surface area (Å²) < 4.78 is 16.8. The van der Waals surface area contributed by atoms with Gasteiger partial charge in [-0.2, -0.15) is 0 Å². The van der Waals surface area contributed by atoms with Gasteiger partial charge in [-0.1, -0.05) is 229 Å². The Balaban J connectivity index is 4.44. The molecule has 0 aromatic carbocycles. The standard InChI is InChI=1S/C59H102O6/c1-4-7-10-13-16-19-22-25-28-29-32-34-37-40-43-46-49-52-58(61)64-55-56(65-59(62)53-50-47-44-41-38-35-31-27-24-21-18-15-12-9-6-3)54-63-57(60)51-48-45-42-39-36-33-30-26-23-20-17-14-11-8-5-2/h8,11,16-17,19-20,25-26,28,30,36,39,56H,4-7,9-10,12-15,18,21-24,27,29,31-35,37-38,40-55H2,1-3H3/b11-8-,19-16-,20-17-,28-25-,30-26-,39-36-/t56-/m1/s1. The highest BCUT2D eigenvalue weighted by Crippen LogP contribution is 2.15. The Morgan fingerprint density at radius 1 is 0.323 bits per heavy atom. The van der Waals surface area contributed by atoms with Gasteiger partial charge in [-0.3, -0.25) is 14.4 Å². The lowest BCUT2D eigenvalue weighted by Gasteiger charge is -2.18. The smallest absolute Gasteiger partial charge is 0.306 e. The molecule has 0 aliphatic rings. The van der Waals surface area contributed by atoms with Crippen LogP contribution in [0.15, 0.2) is 72.9 Å². The SMILES string of the molecule is CC/C=C\C/C=C\C/C=C\C/C=C\CCCCC(=O)OC[C@H](COC(=O)CCCCCCCCC/C=C\C/C=C\CCCCC)OC(=O)CCCCCCCCCCCCCCCCC. The van der Waals surface area contributed by atoms with E-state index in [4.69, 9.17) is 14.2 Å². The van der Waals surface area contributed by atoms with Gasteiger partial charge in [0, 0.05) is 19.3 Å². The first-order valence-electron chi connectivity index (χ1n) is 27.4. The van der Waals surface area contributed by atoms with Crippen LogP contribution in [-0.2, 0) is 28.6 Å². The number of allylic oxidation sites excluding steroid dienone is 12. The van der Waals surface area contributed by atoms with Crippen LogP contribution >= 0.6 is 0 Å². The van der Waals surface area contributed by atoms with Gasteiger partial charge in [0.15, 0.2) is 6.10 Å². The number of ether oxygens (including phenoxy) is 3. The van der Waals surface area contributed by atoms with Gasteiger partial charge in [0.2, 0.25) is 0 Å². The van der Waals surface area contributed by atoms with Crippen LogP contribution in [0.2, 0.25) is 0 Å². The molecule has 0 spiro atoms. The van der Waals surface area contributed by atoms with Crippen molar-refractivity contribution in [3.8, 4) is 0 Å². The van der Waals surface area contributed by atoms with Gasteiger partial charge >= 0.3 is 17.9 Å². The van der Waals surface area contributed by atoms with E-state index in [2.05, 4.69) is 93.7 Å². The summed E-state index contributed by atoms with van der Waals surface area (Å²) in [5.74, 6) is -0.934. The summed E-state index contributed by atoms with van der Waals surface area (Å²) in [6, 6.07) is 0. The minimum Gasteiger partial charge on any atom is -0.462 e. The molecule has 65 heavy (non-hydrogen) atoms. The summed E-state index contributed by atoms with van der Waals surface area (Å²) in [6.07, 6.45) is 67.4. The number of carbonyl (C=O) groups excluding carboxylic acids is 3. The van der Waals surface area contributed by atoms with Crippen molar-refractivity contribution >= 4 is 17.9 Å². The molecular weight excluding hydrogens is 805 g/mol. The average molecular weight is 907 g/mol. The topological polar surface area (TPSA) is 78.9 Å². The Labute approximate surface area is 402 Å². The maximum Gasteiger partial charge on any atom is 0.306 e. The molecule has 0 radical (unpaired) electrons. The third-order valence-electron chi connectivity index (χ3n) is 11.7. The van der Waals surface area contributed by atoms with Gasteiger partial charge in [-0.25, -0.2) is 0 Å². The molecule has 6 heteroatoms. The molecule has 0 aliphatic carbocycles. The van der Waals surface area contributed by atoms with Crippen molar-refractivity contribution < 1.29 is 28.6 Å². The van der Waals surface area contributed by atoms with E-state index in [1.54, 1.807) is 0 Å². The second-order valence-electron chi connectivity index (χ2n) is 18.1. The van der Waals surface area contributed by atoms with Gasteiger partial charge in [-0.05, 0) is 89.9 Å². The van der Waals surface area contributed by atoms with E-state index >= 15 is 0 Å². The maximum atomic E-state index is 12.8. The van der Waals surface area contributed by atoms with Gasteiger partial charge < -0.3 is 14.2 Å². The summed E-state index contributed by atoms with van der Waals surface area (Å²) in [6.45, 7) is 6.47. The van der Waals surface area contributed by atoms with Crippen molar-refractivity contribution in [2.75, 3.05) is 13.2 Å². The normalized spacial score (nSPS) is 12.6. The number of hydrogen-bond donors (Lipinski definition) is 0. The molecule has 0 unspecified atom stereocenters. The molecular formula is C59H102O6.